The van der Waals surface area contributed by atoms with Crippen LogP contribution in [0.15, 0.2) is 53.0 Å². The first-order valence-electron chi connectivity index (χ1n) is 8.72. The molecule has 1 N–H and O–H groups in total. The Kier molecular flexibility index (Phi) is 5.79. The summed E-state index contributed by atoms with van der Waals surface area (Å²) in [7, 11) is 4.14. The Morgan fingerprint density at radius 2 is 1.81 bits per heavy atom. The number of para-hydroxylation sites is 1. The largest absolute Gasteiger partial charge is 0.334 e. The zero-order valence-corrected chi connectivity index (χ0v) is 17.0. The van der Waals surface area contributed by atoms with Crippen LogP contribution in [0.3, 0.4) is 0 Å². The summed E-state index contributed by atoms with van der Waals surface area (Å²) in [5.41, 5.74) is 4.22. The fourth-order valence-corrected chi connectivity index (χ4v) is 3.59. The van der Waals surface area contributed by atoms with Crippen molar-refractivity contribution in [2.75, 3.05) is 26.0 Å². The highest BCUT2D eigenvalue weighted by Crippen LogP contribution is 2.30. The van der Waals surface area contributed by atoms with Crippen LogP contribution in [-0.2, 0) is 17.8 Å². The number of benzene rings is 2. The van der Waals surface area contributed by atoms with Crippen LogP contribution in [-0.4, -0.2) is 36.0 Å². The Bertz CT molecular complexity index is 913. The van der Waals surface area contributed by atoms with Crippen LogP contribution in [0.2, 0.25) is 0 Å². The molecule has 0 saturated heterocycles. The Morgan fingerprint density at radius 3 is 2.50 bits per heavy atom. The second kappa shape index (κ2) is 8.06. The summed E-state index contributed by atoms with van der Waals surface area (Å²) in [6, 6.07) is 16.2. The average Bonchev–Trinajstić information content (AvgIpc) is 2.86. The highest BCUT2D eigenvalue weighted by molar-refractivity contribution is 9.10. The van der Waals surface area contributed by atoms with Crippen LogP contribution in [0.25, 0.3) is 10.9 Å². The summed E-state index contributed by atoms with van der Waals surface area (Å²) < 4.78 is 3.09. The van der Waals surface area contributed by atoms with Gasteiger partial charge in [-0.25, -0.2) is 0 Å². The second-order valence-corrected chi connectivity index (χ2v) is 7.59. The predicted molar refractivity (Wildman–Crippen MR) is 112 cm³/mol. The molecule has 0 aliphatic heterocycles. The lowest BCUT2D eigenvalue weighted by Gasteiger charge is -2.11. The van der Waals surface area contributed by atoms with E-state index in [0.717, 1.165) is 39.7 Å². The molecule has 1 amide bonds. The SMILES string of the molecule is Cc1c(Br)c2ccccc2n1CC(=O)Nc1ccc(CCN(C)C)cc1. The number of rotatable bonds is 6. The molecule has 3 rings (SSSR count). The van der Waals surface area contributed by atoms with Gasteiger partial charge in [0.25, 0.3) is 0 Å². The molecule has 3 aromatic rings. The van der Waals surface area contributed by atoms with E-state index in [1.807, 2.05) is 41.8 Å². The molecule has 0 unspecified atom stereocenters. The molecule has 1 heterocycles. The lowest BCUT2D eigenvalue weighted by atomic mass is 10.1. The van der Waals surface area contributed by atoms with Gasteiger partial charge in [-0.1, -0.05) is 30.3 Å². The number of hydrogen-bond acceptors (Lipinski definition) is 2. The molecular weight excluding hydrogens is 390 g/mol. The van der Waals surface area contributed by atoms with Gasteiger partial charge in [0.15, 0.2) is 0 Å². The molecule has 0 radical (unpaired) electrons. The van der Waals surface area contributed by atoms with Gasteiger partial charge >= 0.3 is 0 Å². The van der Waals surface area contributed by atoms with E-state index < -0.39 is 0 Å². The molecule has 0 fully saturated rings. The second-order valence-electron chi connectivity index (χ2n) is 6.80. The van der Waals surface area contributed by atoms with E-state index in [0.29, 0.717) is 6.54 Å². The highest BCUT2D eigenvalue weighted by atomic mass is 79.9. The Balaban J connectivity index is 1.69. The predicted octanol–water partition coefficient (Wildman–Crippen LogP) is 4.46. The van der Waals surface area contributed by atoms with Crippen molar-refractivity contribution in [3.63, 3.8) is 0 Å². The van der Waals surface area contributed by atoms with Crippen molar-refractivity contribution in [3.8, 4) is 0 Å². The van der Waals surface area contributed by atoms with Gasteiger partial charge in [0.2, 0.25) is 5.91 Å². The molecule has 0 aliphatic carbocycles. The highest BCUT2D eigenvalue weighted by Gasteiger charge is 2.14. The van der Waals surface area contributed by atoms with E-state index in [9.17, 15) is 4.79 Å². The number of carbonyl (C=O) groups is 1. The Hall–Kier alpha value is -2.11. The minimum Gasteiger partial charge on any atom is -0.334 e. The Morgan fingerprint density at radius 1 is 1.12 bits per heavy atom. The summed E-state index contributed by atoms with van der Waals surface area (Å²) in [6.45, 7) is 3.33. The number of carbonyl (C=O) groups excluding carboxylic acids is 1. The van der Waals surface area contributed by atoms with Crippen molar-refractivity contribution < 1.29 is 4.79 Å². The molecule has 0 bridgehead atoms. The van der Waals surface area contributed by atoms with Crippen molar-refractivity contribution >= 4 is 38.4 Å². The van der Waals surface area contributed by atoms with Crippen molar-refractivity contribution in [2.45, 2.75) is 19.9 Å². The van der Waals surface area contributed by atoms with Gasteiger partial charge in [-0.3, -0.25) is 4.79 Å². The van der Waals surface area contributed by atoms with Crippen LogP contribution >= 0.6 is 15.9 Å². The fourth-order valence-electron chi connectivity index (χ4n) is 3.04. The van der Waals surface area contributed by atoms with Gasteiger partial charge in [0.05, 0.1) is 0 Å². The number of nitrogens with one attached hydrogen (secondary N) is 1. The molecule has 0 saturated carbocycles. The molecule has 26 heavy (non-hydrogen) atoms. The van der Waals surface area contributed by atoms with Gasteiger partial charge in [-0.05, 0) is 67.1 Å². The van der Waals surface area contributed by atoms with Crippen molar-refractivity contribution in [1.29, 1.82) is 0 Å². The molecule has 2 aromatic carbocycles. The van der Waals surface area contributed by atoms with E-state index in [1.165, 1.54) is 5.56 Å². The third-order valence-corrected chi connectivity index (χ3v) is 5.54. The van der Waals surface area contributed by atoms with E-state index in [-0.39, 0.29) is 5.91 Å². The minimum absolute atomic E-state index is 0.0256. The zero-order chi connectivity index (χ0) is 18.7. The molecule has 0 spiro atoms. The lowest BCUT2D eigenvalue weighted by Crippen LogP contribution is -2.19. The molecule has 136 valence electrons. The van der Waals surface area contributed by atoms with Gasteiger partial charge in [0, 0.05) is 33.3 Å². The number of nitrogens with zero attached hydrogens (tertiary/aromatic N) is 2. The van der Waals surface area contributed by atoms with Gasteiger partial charge < -0.3 is 14.8 Å². The number of likely N-dealkylation sites (N-methyl/N-ethyl adjacent to an activating group) is 1. The van der Waals surface area contributed by atoms with Crippen LogP contribution in [0.1, 0.15) is 11.3 Å². The standard InChI is InChI=1S/C21H24BrN3O/c1-15-21(22)18-6-4-5-7-19(18)25(15)14-20(26)23-17-10-8-16(9-11-17)12-13-24(2)3/h4-11H,12-14H2,1-3H3,(H,23,26). The molecular formula is C21H24BrN3O. The molecule has 4 nitrogen and oxygen atoms in total. The van der Waals surface area contributed by atoms with Gasteiger partial charge in [-0.15, -0.1) is 0 Å². The number of hydrogen-bond donors (Lipinski definition) is 1. The van der Waals surface area contributed by atoms with Crippen molar-refractivity contribution in [3.05, 3.63) is 64.3 Å². The number of aromatic nitrogens is 1. The average molecular weight is 414 g/mol. The van der Waals surface area contributed by atoms with E-state index in [2.05, 4.69) is 58.4 Å². The van der Waals surface area contributed by atoms with E-state index in [4.69, 9.17) is 0 Å². The van der Waals surface area contributed by atoms with Crippen LogP contribution in [0.4, 0.5) is 5.69 Å². The van der Waals surface area contributed by atoms with E-state index in [1.54, 1.807) is 0 Å². The maximum absolute atomic E-state index is 12.5. The maximum Gasteiger partial charge on any atom is 0.244 e. The third-order valence-electron chi connectivity index (χ3n) is 4.54. The Labute approximate surface area is 162 Å². The number of amides is 1. The zero-order valence-electron chi connectivity index (χ0n) is 15.4. The van der Waals surface area contributed by atoms with Crippen LogP contribution in [0.5, 0.6) is 0 Å². The minimum atomic E-state index is -0.0256. The summed E-state index contributed by atoms with van der Waals surface area (Å²) in [4.78, 5) is 14.7. The molecule has 0 aliphatic rings. The number of halogens is 1. The van der Waals surface area contributed by atoms with Gasteiger partial charge in [0.1, 0.15) is 6.54 Å². The monoisotopic (exact) mass is 413 g/mol. The fraction of sp³-hybridized carbons (Fsp3) is 0.286. The summed E-state index contributed by atoms with van der Waals surface area (Å²) >= 11 is 3.64. The molecule has 0 atom stereocenters. The smallest absolute Gasteiger partial charge is 0.244 e. The summed E-state index contributed by atoms with van der Waals surface area (Å²) in [5, 5.41) is 4.13. The normalized spacial score (nSPS) is 11.3. The van der Waals surface area contributed by atoms with E-state index >= 15 is 0 Å². The third kappa shape index (κ3) is 4.17. The first-order chi connectivity index (χ1) is 12.5. The first-order valence-corrected chi connectivity index (χ1v) is 9.52. The summed E-state index contributed by atoms with van der Waals surface area (Å²) in [6.07, 6.45) is 1.00. The van der Waals surface area contributed by atoms with Crippen LogP contribution in [0, 0.1) is 6.92 Å². The van der Waals surface area contributed by atoms with Crippen LogP contribution < -0.4 is 5.32 Å². The maximum atomic E-state index is 12.5. The molecule has 1 aromatic heterocycles. The lowest BCUT2D eigenvalue weighted by molar-refractivity contribution is -0.116. The quantitative estimate of drug-likeness (QED) is 0.647. The summed E-state index contributed by atoms with van der Waals surface area (Å²) in [5.74, 6) is -0.0256. The van der Waals surface area contributed by atoms with Gasteiger partial charge in [-0.2, -0.15) is 0 Å². The molecule has 5 heteroatoms. The topological polar surface area (TPSA) is 37.3 Å². The van der Waals surface area contributed by atoms with Crippen molar-refractivity contribution in [1.82, 2.24) is 9.47 Å². The number of anilines is 1. The number of fused-ring (bicyclic) bond motifs is 1. The van der Waals surface area contributed by atoms with Crippen molar-refractivity contribution in [2.24, 2.45) is 0 Å². The first kappa shape index (κ1) is 18.7.